The van der Waals surface area contributed by atoms with Crippen molar-refractivity contribution in [1.82, 2.24) is 0 Å². The Morgan fingerprint density at radius 3 is 1.40 bits per heavy atom. The lowest BCUT2D eigenvalue weighted by atomic mass is 9.65. The van der Waals surface area contributed by atoms with Gasteiger partial charge in [0.15, 0.2) is 14.3 Å². The highest BCUT2D eigenvalue weighted by molar-refractivity contribution is 6.74. The third-order valence-corrected chi connectivity index (χ3v) is 30.0. The summed E-state index contributed by atoms with van der Waals surface area (Å²) in [7, 11) is -2.07. The van der Waals surface area contributed by atoms with E-state index in [1.165, 1.54) is 16.7 Å². The lowest BCUT2D eigenvalue weighted by Crippen LogP contribution is -2.45. The van der Waals surface area contributed by atoms with Gasteiger partial charge in [-0.3, -0.25) is 33.8 Å². The van der Waals surface area contributed by atoms with Crippen LogP contribution in [0, 0.1) is 93.2 Å². The van der Waals surface area contributed by atoms with Crippen LogP contribution in [0.3, 0.4) is 0 Å². The fourth-order valence-corrected chi connectivity index (χ4v) is 17.9. The van der Waals surface area contributed by atoms with Crippen LogP contribution in [-0.2, 0) is 52.1 Å². The molecule has 19 heteroatoms. The molecule has 0 bridgehead atoms. The van der Waals surface area contributed by atoms with Crippen molar-refractivity contribution >= 4 is 49.9 Å². The standard InChI is InChI=1S/C32H56O5Si.C31H53N3O5.C25H38O5/c1-12-32(8,9)30(35)36-27-19-22(3)17-24-15-14-23(4)26(29(24)27)16-13-21(2)18-25(20-28(33)34)37-38(10,11)31(5,6)7;1-6-31(4,5)29(38)39-27-17-20(2)16-22-12-11-21(3)26(28(22)27)14-13-24(36)19-25(37)18-23(35)10-8-7-9-15-34-30(32)33;1-6-25(4,5)24(28)30-21-12-15(2)11-17-8-7-16(3)20(23(17)21)10-9-19-13-18(26)14-22(27)29-19/h14-15,17,21-23,25-27,29H,12-13,16,18-20H2,1-11H3,(H,33,34);11-12,16,20-21,24-28,36-37H,6-10,13-15,17-19H2,1-5H3,(H4,32,33,34);7-8,11,15-16,18-21,23,26H,6,9-10,12-14H2,1-5H3/t21-,22+,23+,25-,26+,27+,29+;20-,21-,24+,25-,26-,27-,28-;15-,16?,18+,19+,20-,21-,23-/m100/s1. The van der Waals surface area contributed by atoms with Gasteiger partial charge in [-0.25, -0.2) is 0 Å². The van der Waals surface area contributed by atoms with Crippen molar-refractivity contribution < 1.29 is 72.6 Å². The number of aliphatic hydroxyl groups is 3. The molecule has 8 N–H and O–H groups in total. The Labute approximate surface area is 646 Å². The van der Waals surface area contributed by atoms with Crippen LogP contribution in [0.15, 0.2) is 76.4 Å². The second-order valence-electron chi connectivity index (χ2n) is 37.2. The van der Waals surface area contributed by atoms with Gasteiger partial charge in [-0.15, -0.1) is 0 Å². The number of nitrogens with zero attached hydrogens (tertiary/aromatic N) is 1. The summed E-state index contributed by atoms with van der Waals surface area (Å²) in [4.78, 5) is 78.5. The summed E-state index contributed by atoms with van der Waals surface area (Å²) in [5.74, 6) is 2.50. The van der Waals surface area contributed by atoms with Crippen molar-refractivity contribution in [3.05, 3.63) is 71.4 Å². The number of hydrogen-bond donors (Lipinski definition) is 6. The lowest BCUT2D eigenvalue weighted by molar-refractivity contribution is -0.166. The Kier molecular flexibility index (Phi) is 35.7. The summed E-state index contributed by atoms with van der Waals surface area (Å²) in [6.45, 7) is 44.8. The van der Waals surface area contributed by atoms with Crippen LogP contribution in [0.1, 0.15) is 273 Å². The van der Waals surface area contributed by atoms with Gasteiger partial charge in [0.25, 0.3) is 0 Å². The van der Waals surface area contributed by atoms with Crippen molar-refractivity contribution in [2.45, 2.75) is 340 Å². The molecular weight excluding hydrogens is 1370 g/mol. The van der Waals surface area contributed by atoms with Crippen LogP contribution in [0.4, 0.5) is 0 Å². The van der Waals surface area contributed by atoms with Gasteiger partial charge in [0.05, 0.1) is 53.5 Å². The highest BCUT2D eigenvalue weighted by atomic mass is 28.4. The van der Waals surface area contributed by atoms with Gasteiger partial charge in [-0.2, -0.15) is 0 Å². The van der Waals surface area contributed by atoms with E-state index < -0.39 is 48.8 Å². The van der Waals surface area contributed by atoms with Gasteiger partial charge in [0, 0.05) is 43.6 Å². The highest BCUT2D eigenvalue weighted by Crippen LogP contribution is 2.50. The average Bonchev–Trinajstić information content (AvgIpc) is 0.787. The number of allylic oxidation sites excluding steroid dienone is 9. The van der Waals surface area contributed by atoms with E-state index in [9.17, 15) is 49.2 Å². The summed E-state index contributed by atoms with van der Waals surface area (Å²) in [6, 6.07) is 0. The number of aliphatic imine (C=N–C) groups is 1. The van der Waals surface area contributed by atoms with Crippen molar-refractivity contribution in [3.63, 3.8) is 0 Å². The monoisotopic (exact) mass is 1510 g/mol. The first kappa shape index (κ1) is 92.4. The minimum Gasteiger partial charge on any atom is -0.481 e. The van der Waals surface area contributed by atoms with Crippen molar-refractivity contribution in [3.8, 4) is 0 Å². The van der Waals surface area contributed by atoms with E-state index in [2.05, 4.69) is 142 Å². The number of guanidine groups is 1. The third kappa shape index (κ3) is 28.2. The summed E-state index contributed by atoms with van der Waals surface area (Å²) >= 11 is 0. The smallest absolute Gasteiger partial charge is 0.311 e. The molecule has 1 fully saturated rings. The van der Waals surface area contributed by atoms with E-state index in [1.807, 2.05) is 62.3 Å². The normalized spacial score (nSPS) is 29.7. The summed E-state index contributed by atoms with van der Waals surface area (Å²) in [5, 5.41) is 40.7. The van der Waals surface area contributed by atoms with Gasteiger partial charge < -0.3 is 55.3 Å². The molecule has 0 amide bonds. The van der Waals surface area contributed by atoms with E-state index in [0.29, 0.717) is 73.2 Å². The van der Waals surface area contributed by atoms with Crippen molar-refractivity contribution in [1.29, 1.82) is 0 Å². The molecule has 6 aliphatic carbocycles. The van der Waals surface area contributed by atoms with E-state index >= 15 is 0 Å². The number of carbonyl (C=O) groups excluding carboxylic acids is 5. The highest BCUT2D eigenvalue weighted by Gasteiger charge is 2.48. The summed E-state index contributed by atoms with van der Waals surface area (Å²) in [6.07, 6.45) is 31.5. The molecule has 1 unspecified atom stereocenters. The number of hydrogen-bond acceptors (Lipinski definition) is 15. The molecule has 7 rings (SSSR count). The molecule has 0 aromatic carbocycles. The third-order valence-electron chi connectivity index (χ3n) is 25.5. The number of nitrogens with two attached hydrogens (primary N) is 2. The van der Waals surface area contributed by atoms with E-state index in [0.717, 1.165) is 96.3 Å². The van der Waals surface area contributed by atoms with Gasteiger partial charge in [-0.1, -0.05) is 158 Å². The molecule has 0 spiro atoms. The number of ketones is 1. The van der Waals surface area contributed by atoms with Crippen molar-refractivity contribution in [2.24, 2.45) is 110 Å². The number of carboxylic acid groups (broad SMARTS) is 1. The number of carbonyl (C=O) groups is 6. The van der Waals surface area contributed by atoms with Gasteiger partial charge in [0.2, 0.25) is 0 Å². The number of rotatable bonds is 34. The Morgan fingerprint density at radius 2 is 1.01 bits per heavy atom. The molecule has 107 heavy (non-hydrogen) atoms. The zero-order valence-electron chi connectivity index (χ0n) is 70.0. The predicted molar refractivity (Wildman–Crippen MR) is 430 cm³/mol. The van der Waals surface area contributed by atoms with Gasteiger partial charge >= 0.3 is 29.8 Å². The van der Waals surface area contributed by atoms with Crippen LogP contribution < -0.4 is 11.5 Å². The fraction of sp³-hybridized carbons (Fsp3) is 0.784. The molecule has 0 radical (unpaired) electrons. The molecule has 7 aliphatic rings. The maximum atomic E-state index is 13.1. The zero-order valence-corrected chi connectivity index (χ0v) is 71.0. The first-order valence-electron chi connectivity index (χ1n) is 41.3. The molecule has 0 saturated carbocycles. The molecule has 18 nitrogen and oxygen atoms in total. The maximum Gasteiger partial charge on any atom is 0.311 e. The average molecular weight is 1520 g/mol. The predicted octanol–water partition coefficient (Wildman–Crippen LogP) is 17.4. The number of Topliss-reactive ketones (excluding diaryl/α,β-unsaturated/α-hetero) is 1. The molecule has 1 aliphatic heterocycles. The Morgan fingerprint density at radius 1 is 0.589 bits per heavy atom. The maximum absolute atomic E-state index is 13.1. The number of carboxylic acids is 1. The molecule has 608 valence electrons. The van der Waals surface area contributed by atoms with Crippen LogP contribution in [0.25, 0.3) is 0 Å². The van der Waals surface area contributed by atoms with E-state index in [4.69, 9.17) is 34.8 Å². The Balaban J connectivity index is 0.000000290. The minimum atomic E-state index is -2.07. The van der Waals surface area contributed by atoms with Crippen LogP contribution in [0.2, 0.25) is 18.1 Å². The fourth-order valence-electron chi connectivity index (χ4n) is 16.5. The second-order valence-corrected chi connectivity index (χ2v) is 41.9. The van der Waals surface area contributed by atoms with E-state index in [1.54, 1.807) is 0 Å². The topological polar surface area (TPSA) is 294 Å². The SMILES string of the molecule is CCC(C)(C)C(=O)O[C@H]1C[C@@H](C)C=C2C=CC(C)[C@H](CC[C@@H]3C[C@@H](O)CC(=O)O3)[C@H]21.CCC(C)(C)C(=O)O[C@H]1C[C@@H](C)C=C2C=C[C@H](C)[C@H](CC[C@@H](C)C[C@H](CC(=O)O)O[Si](C)(C)C(C)(C)C)[C@H]21.CCC(C)(C)C(=O)O[C@H]1C[C@@H](C)C=C2C=C[C@H](C)[C@H](CC[C@@H](O)C[C@@H](O)CC(=O)CCCCCN=C(N)N)[C@H]21. The number of cyclic esters (lactones) is 1. The van der Waals surface area contributed by atoms with Crippen LogP contribution >= 0.6 is 0 Å². The molecule has 0 aromatic rings. The first-order chi connectivity index (χ1) is 49.8. The molecule has 0 aromatic heterocycles. The van der Waals surface area contributed by atoms with Gasteiger partial charge in [0.1, 0.15) is 30.2 Å². The number of aliphatic carboxylic acids is 1. The summed E-state index contributed by atoms with van der Waals surface area (Å²) in [5.41, 5.74) is 12.9. The van der Waals surface area contributed by atoms with Crippen LogP contribution in [0.5, 0.6) is 0 Å². The number of unbranched alkanes of at least 4 members (excludes halogenated alkanes) is 2. The second kappa shape index (κ2) is 41.4. The minimum absolute atomic E-state index is 0.00773. The lowest BCUT2D eigenvalue weighted by Gasteiger charge is -2.44. The molecule has 1 heterocycles. The largest absolute Gasteiger partial charge is 0.481 e. The number of fused-ring (bicyclic) bond motifs is 3. The molecular formula is C88H147N3O15Si. The molecule has 21 atom stereocenters. The zero-order chi connectivity index (χ0) is 80.3. The quantitative estimate of drug-likeness (QED) is 0.00871. The van der Waals surface area contributed by atoms with Crippen molar-refractivity contribution in [2.75, 3.05) is 6.54 Å². The number of ether oxygens (including phenoxy) is 4. The number of aliphatic hydroxyl groups excluding tert-OH is 3. The Hall–Kier alpha value is -5.21. The van der Waals surface area contributed by atoms with Crippen LogP contribution in [-0.4, -0.2) is 126 Å². The first-order valence-corrected chi connectivity index (χ1v) is 44.3. The number of esters is 4. The van der Waals surface area contributed by atoms with E-state index in [-0.39, 0.29) is 126 Å². The molecule has 1 saturated heterocycles. The Bertz CT molecular complexity index is 3130. The summed E-state index contributed by atoms with van der Waals surface area (Å²) < 4.78 is 30.6. The van der Waals surface area contributed by atoms with Gasteiger partial charge in [-0.05, 0) is 232 Å².